The van der Waals surface area contributed by atoms with Crippen molar-refractivity contribution in [1.29, 1.82) is 0 Å². The third-order valence-electron chi connectivity index (χ3n) is 3.81. The lowest BCUT2D eigenvalue weighted by atomic mass is 10.0. The predicted molar refractivity (Wildman–Crippen MR) is 85.5 cm³/mol. The lowest BCUT2D eigenvalue weighted by Gasteiger charge is -2.35. The molecule has 124 valence electrons. The Labute approximate surface area is 141 Å². The number of benzene rings is 1. The van der Waals surface area contributed by atoms with Crippen molar-refractivity contribution in [3.05, 3.63) is 53.5 Å². The molecule has 4 rings (SSSR count). The molecule has 3 aromatic rings. The highest BCUT2D eigenvalue weighted by Gasteiger charge is 2.40. The maximum absolute atomic E-state index is 13.2. The van der Waals surface area contributed by atoms with E-state index in [-0.39, 0.29) is 23.9 Å². The second-order valence-electron chi connectivity index (χ2n) is 5.41. The Morgan fingerprint density at radius 2 is 2.08 bits per heavy atom. The average Bonchev–Trinajstić information content (AvgIpc) is 3.16. The van der Waals surface area contributed by atoms with Gasteiger partial charge in [0.1, 0.15) is 5.82 Å². The number of sulfonamides is 1. The highest BCUT2D eigenvalue weighted by Crippen LogP contribution is 2.32. The lowest BCUT2D eigenvalue weighted by Crippen LogP contribution is -2.48. The van der Waals surface area contributed by atoms with E-state index < -0.39 is 15.8 Å². The molecule has 0 amide bonds. The summed E-state index contributed by atoms with van der Waals surface area (Å²) in [5.74, 6) is 0.204. The number of aromatic nitrogens is 2. The van der Waals surface area contributed by atoms with Crippen LogP contribution in [-0.2, 0) is 10.0 Å². The standard InChI is InChI=1S/C15H12FN3O3S2/c16-11-3-1-4-12(7-11)24(20,21)19-8-10(9-19)15-17-14(18-22-15)13-5-2-6-23-13/h1-7,10H,8-9H2. The molecule has 1 fully saturated rings. The topological polar surface area (TPSA) is 76.3 Å². The number of thiophene rings is 1. The first-order valence-electron chi connectivity index (χ1n) is 7.17. The largest absolute Gasteiger partial charge is 0.339 e. The Balaban J connectivity index is 1.48. The van der Waals surface area contributed by atoms with Crippen molar-refractivity contribution < 1.29 is 17.3 Å². The summed E-state index contributed by atoms with van der Waals surface area (Å²) in [4.78, 5) is 5.18. The monoisotopic (exact) mass is 365 g/mol. The quantitative estimate of drug-likeness (QED) is 0.710. The van der Waals surface area contributed by atoms with E-state index in [1.165, 1.54) is 33.8 Å². The third-order valence-corrected chi connectivity index (χ3v) is 6.51. The molecule has 24 heavy (non-hydrogen) atoms. The van der Waals surface area contributed by atoms with Crippen molar-refractivity contribution >= 4 is 21.4 Å². The molecule has 1 aromatic carbocycles. The smallest absolute Gasteiger partial charge is 0.243 e. The minimum absolute atomic E-state index is 0.0502. The van der Waals surface area contributed by atoms with Crippen LogP contribution in [0.2, 0.25) is 0 Å². The summed E-state index contributed by atoms with van der Waals surface area (Å²) in [6, 6.07) is 8.78. The van der Waals surface area contributed by atoms with Crippen LogP contribution in [0.25, 0.3) is 10.7 Å². The van der Waals surface area contributed by atoms with Gasteiger partial charge in [0.05, 0.1) is 15.7 Å². The summed E-state index contributed by atoms with van der Waals surface area (Å²) in [6.45, 7) is 0.482. The molecule has 0 N–H and O–H groups in total. The Bertz CT molecular complexity index is 964. The summed E-state index contributed by atoms with van der Waals surface area (Å²) in [5, 5.41) is 5.84. The molecule has 0 spiro atoms. The van der Waals surface area contributed by atoms with Gasteiger partial charge in [-0.2, -0.15) is 9.29 Å². The molecule has 3 heterocycles. The van der Waals surface area contributed by atoms with Crippen molar-refractivity contribution in [3.8, 4) is 10.7 Å². The van der Waals surface area contributed by atoms with Gasteiger partial charge in [-0.15, -0.1) is 11.3 Å². The third kappa shape index (κ3) is 2.64. The molecule has 0 unspecified atom stereocenters. The molecule has 0 atom stereocenters. The summed E-state index contributed by atoms with van der Waals surface area (Å²) < 4.78 is 44.6. The lowest BCUT2D eigenvalue weighted by molar-refractivity contribution is 0.216. The van der Waals surface area contributed by atoms with Crippen molar-refractivity contribution in [2.45, 2.75) is 10.8 Å². The highest BCUT2D eigenvalue weighted by atomic mass is 32.2. The number of hydrogen-bond donors (Lipinski definition) is 0. The second-order valence-corrected chi connectivity index (χ2v) is 8.30. The molecule has 0 aliphatic carbocycles. The van der Waals surface area contributed by atoms with Crippen LogP contribution in [0, 0.1) is 5.82 Å². The van der Waals surface area contributed by atoms with E-state index in [4.69, 9.17) is 4.52 Å². The van der Waals surface area contributed by atoms with E-state index in [2.05, 4.69) is 10.1 Å². The van der Waals surface area contributed by atoms with Crippen LogP contribution in [0.4, 0.5) is 4.39 Å². The molecular formula is C15H12FN3O3S2. The van der Waals surface area contributed by atoms with Crippen LogP contribution in [0.3, 0.4) is 0 Å². The van der Waals surface area contributed by atoms with Gasteiger partial charge >= 0.3 is 0 Å². The van der Waals surface area contributed by atoms with Gasteiger partial charge in [-0.3, -0.25) is 0 Å². The molecule has 0 radical (unpaired) electrons. The summed E-state index contributed by atoms with van der Waals surface area (Å²) in [5.41, 5.74) is 0. The minimum atomic E-state index is -3.70. The Kier molecular flexibility index (Phi) is 3.70. The molecule has 0 bridgehead atoms. The van der Waals surface area contributed by atoms with Crippen LogP contribution < -0.4 is 0 Å². The normalized spacial score (nSPS) is 16.2. The first-order chi connectivity index (χ1) is 11.5. The molecule has 1 aliphatic rings. The van der Waals surface area contributed by atoms with Crippen LogP contribution >= 0.6 is 11.3 Å². The Morgan fingerprint density at radius 1 is 1.25 bits per heavy atom. The SMILES string of the molecule is O=S(=O)(c1cccc(F)c1)N1CC(c2nc(-c3cccs3)no2)C1. The van der Waals surface area contributed by atoms with Crippen molar-refractivity contribution in [1.82, 2.24) is 14.4 Å². The van der Waals surface area contributed by atoms with E-state index >= 15 is 0 Å². The zero-order valence-corrected chi connectivity index (χ0v) is 13.9. The van der Waals surface area contributed by atoms with Gasteiger partial charge in [0, 0.05) is 13.1 Å². The van der Waals surface area contributed by atoms with Gasteiger partial charge in [-0.05, 0) is 29.6 Å². The molecule has 0 saturated carbocycles. The van der Waals surface area contributed by atoms with Crippen LogP contribution in [0.15, 0.2) is 51.2 Å². The van der Waals surface area contributed by atoms with Gasteiger partial charge in [-0.1, -0.05) is 17.3 Å². The van der Waals surface area contributed by atoms with Gasteiger partial charge in [-0.25, -0.2) is 12.8 Å². The molecule has 2 aromatic heterocycles. The molecule has 1 saturated heterocycles. The van der Waals surface area contributed by atoms with Gasteiger partial charge in [0.15, 0.2) is 0 Å². The number of nitrogens with zero attached hydrogens (tertiary/aromatic N) is 3. The average molecular weight is 365 g/mol. The van der Waals surface area contributed by atoms with Crippen molar-refractivity contribution in [3.63, 3.8) is 0 Å². The Morgan fingerprint density at radius 3 is 2.79 bits per heavy atom. The number of rotatable bonds is 4. The van der Waals surface area contributed by atoms with E-state index in [9.17, 15) is 12.8 Å². The molecule has 9 heteroatoms. The van der Waals surface area contributed by atoms with Crippen LogP contribution in [-0.4, -0.2) is 36.0 Å². The molecule has 6 nitrogen and oxygen atoms in total. The maximum Gasteiger partial charge on any atom is 0.243 e. The van der Waals surface area contributed by atoms with E-state index in [1.807, 2.05) is 17.5 Å². The molecular weight excluding hydrogens is 353 g/mol. The first kappa shape index (κ1) is 15.4. The fourth-order valence-corrected chi connectivity index (χ4v) is 4.69. The molecule has 1 aliphatic heterocycles. The van der Waals surface area contributed by atoms with E-state index in [1.54, 1.807) is 0 Å². The summed E-state index contributed by atoms with van der Waals surface area (Å²) in [6.07, 6.45) is 0. The fourth-order valence-electron chi connectivity index (χ4n) is 2.47. The number of halogens is 1. The van der Waals surface area contributed by atoms with E-state index in [0.717, 1.165) is 10.9 Å². The predicted octanol–water partition coefficient (Wildman–Crippen LogP) is 2.73. The maximum atomic E-state index is 13.2. The zero-order chi connectivity index (χ0) is 16.7. The fraction of sp³-hybridized carbons (Fsp3) is 0.200. The van der Waals surface area contributed by atoms with Crippen LogP contribution in [0.1, 0.15) is 11.8 Å². The van der Waals surface area contributed by atoms with E-state index in [0.29, 0.717) is 11.7 Å². The highest BCUT2D eigenvalue weighted by molar-refractivity contribution is 7.89. The van der Waals surface area contributed by atoms with Gasteiger partial charge in [0.25, 0.3) is 0 Å². The van der Waals surface area contributed by atoms with Crippen molar-refractivity contribution in [2.75, 3.05) is 13.1 Å². The minimum Gasteiger partial charge on any atom is -0.339 e. The second kappa shape index (κ2) is 5.76. The number of hydrogen-bond acceptors (Lipinski definition) is 6. The Hall–Kier alpha value is -2.10. The van der Waals surface area contributed by atoms with Gasteiger partial charge < -0.3 is 4.52 Å². The summed E-state index contributed by atoms with van der Waals surface area (Å²) in [7, 11) is -3.70. The first-order valence-corrected chi connectivity index (χ1v) is 9.49. The summed E-state index contributed by atoms with van der Waals surface area (Å²) >= 11 is 1.50. The van der Waals surface area contributed by atoms with Crippen molar-refractivity contribution in [2.24, 2.45) is 0 Å². The van der Waals surface area contributed by atoms with Crippen LogP contribution in [0.5, 0.6) is 0 Å². The zero-order valence-electron chi connectivity index (χ0n) is 12.3. The van der Waals surface area contributed by atoms with Gasteiger partial charge in [0.2, 0.25) is 21.7 Å².